The normalized spacial score (nSPS) is 10.7. The van der Waals surface area contributed by atoms with E-state index in [1.165, 1.54) is 13.8 Å². The van der Waals surface area contributed by atoms with Gasteiger partial charge in [-0.1, -0.05) is 23.5 Å². The fourth-order valence-electron chi connectivity index (χ4n) is 2.55. The summed E-state index contributed by atoms with van der Waals surface area (Å²) in [6.45, 7) is 6.63. The van der Waals surface area contributed by atoms with Crippen LogP contribution in [0, 0.1) is 0 Å². The van der Waals surface area contributed by atoms with Crippen LogP contribution in [0.1, 0.15) is 27.7 Å². The van der Waals surface area contributed by atoms with Crippen molar-refractivity contribution in [2.45, 2.75) is 44.6 Å². The predicted molar refractivity (Wildman–Crippen MR) is 127 cm³/mol. The molecule has 1 N–H and O–H groups in total. The van der Waals surface area contributed by atoms with Crippen molar-refractivity contribution in [1.82, 2.24) is 19.5 Å². The Labute approximate surface area is 210 Å². The molecule has 0 atom stereocenters. The van der Waals surface area contributed by atoms with E-state index in [1.807, 2.05) is 0 Å². The van der Waals surface area contributed by atoms with E-state index in [9.17, 15) is 19.2 Å². The van der Waals surface area contributed by atoms with Crippen molar-refractivity contribution in [3.8, 4) is 0 Å². The van der Waals surface area contributed by atoms with Gasteiger partial charge in [0.1, 0.15) is 23.9 Å². The summed E-state index contributed by atoms with van der Waals surface area (Å²) in [6.07, 6.45) is 0. The van der Waals surface area contributed by atoms with Gasteiger partial charge in [-0.15, -0.1) is 0 Å². The lowest BCUT2D eigenvalue weighted by atomic mass is 10.5. The van der Waals surface area contributed by atoms with Crippen LogP contribution in [0.15, 0.2) is 10.2 Å². The molecule has 0 saturated carbocycles. The predicted octanol–water partition coefficient (Wildman–Crippen LogP) is 1.63. The van der Waals surface area contributed by atoms with Crippen molar-refractivity contribution in [3.63, 3.8) is 0 Å². The highest BCUT2D eigenvalue weighted by molar-refractivity contribution is 8.00. The van der Waals surface area contributed by atoms with Gasteiger partial charge in [-0.3, -0.25) is 29.1 Å². The van der Waals surface area contributed by atoms with Crippen LogP contribution in [0.5, 0.6) is 0 Å². The molecule has 0 radical (unpaired) electrons. The van der Waals surface area contributed by atoms with Gasteiger partial charge in [-0.05, 0) is 13.8 Å². The van der Waals surface area contributed by atoms with Crippen molar-refractivity contribution >= 4 is 64.5 Å². The second-order valence-corrected chi connectivity index (χ2v) is 8.50. The molecule has 35 heavy (non-hydrogen) atoms. The SMILES string of the molecule is CCOC(=O)CSc1nc(NC(C)=O)nc2c1nc(SCC(=O)OCC)n2COCCOC(C)=O. The summed E-state index contributed by atoms with van der Waals surface area (Å²) in [5.41, 5.74) is 0.664. The summed E-state index contributed by atoms with van der Waals surface area (Å²) in [7, 11) is 0. The summed E-state index contributed by atoms with van der Waals surface area (Å²) >= 11 is 2.18. The lowest BCUT2D eigenvalue weighted by Crippen LogP contribution is -2.14. The van der Waals surface area contributed by atoms with Crippen LogP contribution in [-0.4, -0.2) is 81.3 Å². The molecule has 13 nitrogen and oxygen atoms in total. The fraction of sp³-hybridized carbons (Fsp3) is 0.550. The molecule has 2 heterocycles. The minimum atomic E-state index is -0.435. The van der Waals surface area contributed by atoms with E-state index >= 15 is 0 Å². The first-order valence-corrected chi connectivity index (χ1v) is 12.6. The average Bonchev–Trinajstić information content (AvgIpc) is 3.13. The van der Waals surface area contributed by atoms with Crippen LogP contribution >= 0.6 is 23.5 Å². The van der Waals surface area contributed by atoms with E-state index < -0.39 is 17.9 Å². The molecule has 192 valence electrons. The number of rotatable bonds is 14. The Morgan fingerprint density at radius 1 is 0.886 bits per heavy atom. The Kier molecular flexibility index (Phi) is 11.7. The monoisotopic (exact) mass is 529 g/mol. The quantitative estimate of drug-likeness (QED) is 0.124. The molecule has 15 heteroatoms. The highest BCUT2D eigenvalue weighted by Crippen LogP contribution is 2.30. The number of hydrogen-bond acceptors (Lipinski definition) is 13. The van der Waals surface area contributed by atoms with Crippen LogP contribution in [0.3, 0.4) is 0 Å². The third-order valence-electron chi connectivity index (χ3n) is 3.83. The number of aromatic nitrogens is 4. The van der Waals surface area contributed by atoms with Crippen LogP contribution in [0.2, 0.25) is 0 Å². The van der Waals surface area contributed by atoms with Gasteiger partial charge in [0.15, 0.2) is 10.8 Å². The van der Waals surface area contributed by atoms with Crippen molar-refractivity contribution in [2.75, 3.05) is 43.3 Å². The number of ether oxygens (including phenoxy) is 4. The maximum atomic E-state index is 11.9. The maximum absolute atomic E-state index is 11.9. The average molecular weight is 530 g/mol. The zero-order valence-electron chi connectivity index (χ0n) is 19.8. The molecule has 0 aliphatic rings. The highest BCUT2D eigenvalue weighted by Gasteiger charge is 2.21. The summed E-state index contributed by atoms with van der Waals surface area (Å²) in [6, 6.07) is 0. The van der Waals surface area contributed by atoms with Crippen LogP contribution in [0.4, 0.5) is 5.95 Å². The Hall–Kier alpha value is -2.91. The first-order valence-electron chi connectivity index (χ1n) is 10.6. The number of nitrogens with one attached hydrogen (secondary N) is 1. The van der Waals surface area contributed by atoms with E-state index in [-0.39, 0.29) is 56.5 Å². The lowest BCUT2D eigenvalue weighted by Gasteiger charge is -2.10. The summed E-state index contributed by atoms with van der Waals surface area (Å²) in [4.78, 5) is 59.6. The molecule has 0 aromatic carbocycles. The minimum Gasteiger partial charge on any atom is -0.465 e. The standard InChI is InChI=1S/C20H27N5O8S2/c1-5-31-14(28)9-34-18-16-17(23-19(24-18)21-12(3)26)25(11-30-7-8-33-13(4)27)20(22-16)35-10-15(29)32-6-2/h5-11H2,1-4H3,(H,21,23,24,26). The van der Waals surface area contributed by atoms with Crippen molar-refractivity contribution in [1.29, 1.82) is 0 Å². The van der Waals surface area contributed by atoms with Gasteiger partial charge in [-0.2, -0.15) is 4.98 Å². The Morgan fingerprint density at radius 2 is 1.54 bits per heavy atom. The van der Waals surface area contributed by atoms with Gasteiger partial charge in [0.05, 0.1) is 31.3 Å². The van der Waals surface area contributed by atoms with E-state index in [0.717, 1.165) is 23.5 Å². The molecular weight excluding hydrogens is 502 g/mol. The van der Waals surface area contributed by atoms with Crippen molar-refractivity contribution < 1.29 is 38.1 Å². The summed E-state index contributed by atoms with van der Waals surface area (Å²) in [5, 5.41) is 3.25. The molecule has 0 spiro atoms. The molecule has 0 unspecified atom stereocenters. The molecular formula is C20H27N5O8S2. The smallest absolute Gasteiger partial charge is 0.316 e. The number of fused-ring (bicyclic) bond motifs is 1. The highest BCUT2D eigenvalue weighted by atomic mass is 32.2. The van der Waals surface area contributed by atoms with Gasteiger partial charge < -0.3 is 18.9 Å². The van der Waals surface area contributed by atoms with E-state index in [0.29, 0.717) is 21.3 Å². The molecule has 0 saturated heterocycles. The first kappa shape index (κ1) is 28.3. The third kappa shape index (κ3) is 9.33. The van der Waals surface area contributed by atoms with E-state index in [4.69, 9.17) is 18.9 Å². The molecule has 0 bridgehead atoms. The first-order chi connectivity index (χ1) is 16.7. The van der Waals surface area contributed by atoms with E-state index in [2.05, 4.69) is 20.3 Å². The number of hydrogen-bond donors (Lipinski definition) is 1. The third-order valence-corrected chi connectivity index (χ3v) is 5.71. The number of anilines is 1. The topological polar surface area (TPSA) is 161 Å². The summed E-state index contributed by atoms with van der Waals surface area (Å²) in [5.74, 6) is -1.70. The second-order valence-electron chi connectivity index (χ2n) is 6.59. The van der Waals surface area contributed by atoms with Gasteiger partial charge >= 0.3 is 17.9 Å². The molecule has 2 aromatic heterocycles. The number of esters is 3. The van der Waals surface area contributed by atoms with Crippen molar-refractivity contribution in [3.05, 3.63) is 0 Å². The summed E-state index contributed by atoms with van der Waals surface area (Å²) < 4.78 is 22.0. The number of carbonyl (C=O) groups excluding carboxylic acids is 4. The van der Waals surface area contributed by atoms with Gasteiger partial charge in [0.25, 0.3) is 0 Å². The number of amides is 1. The number of nitrogens with zero attached hydrogens (tertiary/aromatic N) is 4. The minimum absolute atomic E-state index is 0.0120. The van der Waals surface area contributed by atoms with Gasteiger partial charge in [0.2, 0.25) is 11.9 Å². The van der Waals surface area contributed by atoms with Crippen LogP contribution < -0.4 is 5.32 Å². The fourth-order valence-corrected chi connectivity index (χ4v) is 4.10. The Morgan fingerprint density at radius 3 is 2.14 bits per heavy atom. The van der Waals surface area contributed by atoms with E-state index in [1.54, 1.807) is 18.4 Å². The van der Waals surface area contributed by atoms with Crippen LogP contribution in [0.25, 0.3) is 11.2 Å². The number of carbonyl (C=O) groups is 4. The Bertz CT molecular complexity index is 1060. The maximum Gasteiger partial charge on any atom is 0.316 e. The Balaban J connectivity index is 2.41. The van der Waals surface area contributed by atoms with Gasteiger partial charge in [-0.25, -0.2) is 9.97 Å². The molecule has 0 aliphatic carbocycles. The zero-order valence-corrected chi connectivity index (χ0v) is 21.5. The molecule has 2 rings (SSSR count). The lowest BCUT2D eigenvalue weighted by molar-refractivity contribution is -0.143. The number of imidazole rings is 1. The molecule has 0 fully saturated rings. The molecule has 1 amide bonds. The molecule has 0 aliphatic heterocycles. The molecule has 2 aromatic rings. The van der Waals surface area contributed by atoms with Crippen molar-refractivity contribution in [2.24, 2.45) is 0 Å². The second kappa shape index (κ2) is 14.5. The largest absolute Gasteiger partial charge is 0.465 e. The zero-order chi connectivity index (χ0) is 25.8. The van der Waals surface area contributed by atoms with Gasteiger partial charge in [0, 0.05) is 13.8 Å². The van der Waals surface area contributed by atoms with Crippen LogP contribution in [-0.2, 0) is 44.9 Å². The number of thioether (sulfide) groups is 2.